The Morgan fingerprint density at radius 3 is 2.60 bits per heavy atom. The standard InChI is InChI=1S/C28H37ClN3O9P/c1-18-15-32(28(35)30-27(18)34)25-14-22(33)24(41-25)17-40-42(36,31(2)12-8-7-11-29)39-16-19-13-23(37-3)20-9-5-6-10-21(20)26(19)38-4/h5-6,9-10,13,15,22,24-25,33H,7-8,11-12,14,16-17H2,1-4H3,(H,30,34,35)/t22-,24+,25+,42?/m0/s1. The van der Waals surface area contributed by atoms with Crippen molar-refractivity contribution in [2.24, 2.45) is 0 Å². The molecule has 12 nitrogen and oxygen atoms in total. The number of benzene rings is 2. The smallest absolute Gasteiger partial charge is 0.408 e. The summed E-state index contributed by atoms with van der Waals surface area (Å²) >= 11 is 5.84. The number of aliphatic hydroxyl groups excluding tert-OH is 1. The molecule has 1 aliphatic heterocycles. The first-order valence-electron chi connectivity index (χ1n) is 13.6. The van der Waals surface area contributed by atoms with E-state index in [0.29, 0.717) is 47.9 Å². The molecule has 2 aromatic carbocycles. The number of aryl methyl sites for hydroxylation is 1. The van der Waals surface area contributed by atoms with E-state index in [2.05, 4.69) is 4.98 Å². The molecule has 2 heterocycles. The van der Waals surface area contributed by atoms with Crippen molar-refractivity contribution in [2.45, 2.75) is 51.2 Å². The number of rotatable bonds is 14. The lowest BCUT2D eigenvalue weighted by Crippen LogP contribution is -2.33. The lowest BCUT2D eigenvalue weighted by molar-refractivity contribution is -0.0455. The van der Waals surface area contributed by atoms with E-state index in [1.54, 1.807) is 34.3 Å². The highest BCUT2D eigenvalue weighted by atomic mass is 35.5. The van der Waals surface area contributed by atoms with E-state index in [4.69, 9.17) is 34.9 Å². The summed E-state index contributed by atoms with van der Waals surface area (Å²) in [6.07, 6.45) is 0.0548. The number of methoxy groups -OCH3 is 2. The molecule has 3 aromatic rings. The van der Waals surface area contributed by atoms with Crippen LogP contribution in [0.5, 0.6) is 11.5 Å². The van der Waals surface area contributed by atoms with Crippen LogP contribution in [-0.2, 0) is 25.0 Å². The number of hydrogen-bond acceptors (Lipinski definition) is 9. The normalized spacial score (nSPS) is 20.2. The van der Waals surface area contributed by atoms with Crippen LogP contribution in [0, 0.1) is 6.92 Å². The van der Waals surface area contributed by atoms with Gasteiger partial charge in [0.15, 0.2) is 0 Å². The van der Waals surface area contributed by atoms with Crippen molar-refractivity contribution in [2.75, 3.05) is 40.3 Å². The van der Waals surface area contributed by atoms with Gasteiger partial charge in [-0.3, -0.25) is 23.4 Å². The summed E-state index contributed by atoms with van der Waals surface area (Å²) in [7, 11) is 0.813. The number of halogens is 1. The van der Waals surface area contributed by atoms with Crippen molar-refractivity contribution in [3.63, 3.8) is 0 Å². The summed E-state index contributed by atoms with van der Waals surface area (Å²) in [6, 6.07) is 9.38. The van der Waals surface area contributed by atoms with Gasteiger partial charge in [-0.1, -0.05) is 24.3 Å². The summed E-state index contributed by atoms with van der Waals surface area (Å²) in [6.45, 7) is 1.55. The molecule has 4 rings (SSSR count). The maximum absolute atomic E-state index is 14.2. The van der Waals surface area contributed by atoms with Gasteiger partial charge in [0.1, 0.15) is 23.8 Å². The zero-order valence-corrected chi connectivity index (χ0v) is 25.7. The van der Waals surface area contributed by atoms with Gasteiger partial charge >= 0.3 is 13.4 Å². The molecule has 0 bridgehead atoms. The van der Waals surface area contributed by atoms with E-state index in [1.807, 2.05) is 24.3 Å². The van der Waals surface area contributed by atoms with Gasteiger partial charge < -0.3 is 19.3 Å². The highest BCUT2D eigenvalue weighted by Gasteiger charge is 2.39. The lowest BCUT2D eigenvalue weighted by atomic mass is 10.0. The van der Waals surface area contributed by atoms with Crippen LogP contribution < -0.4 is 20.7 Å². The zero-order valence-electron chi connectivity index (χ0n) is 24.1. The molecule has 1 aromatic heterocycles. The number of alkyl halides is 1. The van der Waals surface area contributed by atoms with Gasteiger partial charge in [0.2, 0.25) is 0 Å². The van der Waals surface area contributed by atoms with Crippen LogP contribution >= 0.6 is 19.3 Å². The predicted octanol–water partition coefficient (Wildman–Crippen LogP) is 3.96. The SMILES string of the molecule is COc1cc(COP(=O)(OC[C@H]2O[C@@H](n3cc(C)c(=O)[nH]c3=O)C[C@@H]2O)N(C)CCCCCl)c(OC)c2ccccc12. The number of H-pyrrole nitrogens is 1. The van der Waals surface area contributed by atoms with E-state index in [1.165, 1.54) is 15.4 Å². The van der Waals surface area contributed by atoms with Crippen molar-refractivity contribution in [3.05, 3.63) is 68.5 Å². The van der Waals surface area contributed by atoms with Crippen LogP contribution in [-0.4, -0.2) is 71.8 Å². The van der Waals surface area contributed by atoms with Gasteiger partial charge in [0.05, 0.1) is 33.5 Å². The Morgan fingerprint density at radius 2 is 1.90 bits per heavy atom. The number of unbranched alkanes of at least 4 members (excludes halogenated alkanes) is 1. The molecule has 0 spiro atoms. The van der Waals surface area contributed by atoms with Crippen molar-refractivity contribution >= 4 is 30.1 Å². The summed E-state index contributed by atoms with van der Waals surface area (Å²) in [5, 5.41) is 12.4. The van der Waals surface area contributed by atoms with Crippen LogP contribution in [0.3, 0.4) is 0 Å². The molecule has 42 heavy (non-hydrogen) atoms. The first-order chi connectivity index (χ1) is 20.1. The Bertz CT molecular complexity index is 1550. The minimum absolute atomic E-state index is 0.0736. The Kier molecular flexibility index (Phi) is 10.9. The van der Waals surface area contributed by atoms with Crippen molar-refractivity contribution in [3.8, 4) is 11.5 Å². The van der Waals surface area contributed by atoms with Gasteiger partial charge in [0, 0.05) is 46.9 Å². The van der Waals surface area contributed by atoms with E-state index >= 15 is 0 Å². The minimum Gasteiger partial charge on any atom is -0.496 e. The Morgan fingerprint density at radius 1 is 1.17 bits per heavy atom. The van der Waals surface area contributed by atoms with Crippen LogP contribution in [0.2, 0.25) is 0 Å². The fourth-order valence-electron chi connectivity index (χ4n) is 4.83. The Labute approximate surface area is 248 Å². The van der Waals surface area contributed by atoms with Crippen LogP contribution in [0.1, 0.15) is 36.6 Å². The fraction of sp³-hybridized carbons (Fsp3) is 0.500. The average Bonchev–Trinajstić information content (AvgIpc) is 3.36. The quantitative estimate of drug-likeness (QED) is 0.154. The molecule has 0 aliphatic carbocycles. The third-order valence-corrected chi connectivity index (χ3v) is 9.42. The molecule has 4 atom stereocenters. The van der Waals surface area contributed by atoms with Crippen LogP contribution in [0.4, 0.5) is 0 Å². The third-order valence-electron chi connectivity index (χ3n) is 7.19. The number of nitrogens with one attached hydrogen (secondary N) is 1. The number of hydrogen-bond donors (Lipinski definition) is 2. The number of fused-ring (bicyclic) bond motifs is 1. The molecule has 230 valence electrons. The average molecular weight is 626 g/mol. The molecule has 2 N–H and O–H groups in total. The van der Waals surface area contributed by atoms with Gasteiger partial charge in [-0.15, -0.1) is 11.6 Å². The first-order valence-corrected chi connectivity index (χ1v) is 15.6. The molecule has 1 fully saturated rings. The molecular formula is C28H37ClN3O9P. The summed E-state index contributed by atoms with van der Waals surface area (Å²) in [5.41, 5.74) is -0.219. The van der Waals surface area contributed by atoms with Crippen molar-refractivity contribution in [1.29, 1.82) is 0 Å². The second-order valence-corrected chi connectivity index (χ2v) is 12.6. The van der Waals surface area contributed by atoms with E-state index in [9.17, 15) is 19.3 Å². The molecular weight excluding hydrogens is 589 g/mol. The largest absolute Gasteiger partial charge is 0.496 e. The van der Waals surface area contributed by atoms with E-state index in [-0.39, 0.29) is 19.6 Å². The highest BCUT2D eigenvalue weighted by molar-refractivity contribution is 7.51. The van der Waals surface area contributed by atoms with Gasteiger partial charge in [-0.25, -0.2) is 14.0 Å². The maximum atomic E-state index is 14.2. The lowest BCUT2D eigenvalue weighted by Gasteiger charge is -2.28. The molecule has 1 aliphatic rings. The van der Waals surface area contributed by atoms with E-state index in [0.717, 1.165) is 10.8 Å². The maximum Gasteiger partial charge on any atom is 0.408 e. The van der Waals surface area contributed by atoms with Crippen molar-refractivity contribution < 1.29 is 32.9 Å². The topological polar surface area (TPSA) is 142 Å². The second kappa shape index (κ2) is 14.2. The third kappa shape index (κ3) is 7.08. The van der Waals surface area contributed by atoms with Crippen molar-refractivity contribution in [1.82, 2.24) is 14.2 Å². The molecule has 0 amide bonds. The number of ether oxygens (including phenoxy) is 3. The number of aromatic nitrogens is 2. The minimum atomic E-state index is -3.94. The second-order valence-electron chi connectivity index (χ2n) is 10.0. The summed E-state index contributed by atoms with van der Waals surface area (Å²) in [4.78, 5) is 26.3. The zero-order chi connectivity index (χ0) is 30.4. The molecule has 0 saturated carbocycles. The molecule has 0 radical (unpaired) electrons. The molecule has 1 saturated heterocycles. The monoisotopic (exact) mass is 625 g/mol. The molecule has 1 unspecified atom stereocenters. The number of aliphatic hydroxyl groups is 1. The van der Waals surface area contributed by atoms with Gasteiger partial charge in [-0.05, 0) is 32.9 Å². The summed E-state index contributed by atoms with van der Waals surface area (Å²) in [5.74, 6) is 1.63. The van der Waals surface area contributed by atoms with Crippen LogP contribution in [0.15, 0.2) is 46.1 Å². The van der Waals surface area contributed by atoms with E-state index < -0.39 is 37.4 Å². The van der Waals surface area contributed by atoms with Gasteiger partial charge in [-0.2, -0.15) is 0 Å². The highest BCUT2D eigenvalue weighted by Crippen LogP contribution is 2.53. The fourth-order valence-corrected chi connectivity index (χ4v) is 6.52. The first kappa shape index (κ1) is 32.2. The Balaban J connectivity index is 1.54. The number of nitrogens with zero attached hydrogens (tertiary/aromatic N) is 2. The van der Waals surface area contributed by atoms with Crippen LogP contribution in [0.25, 0.3) is 10.8 Å². The number of aromatic amines is 1. The summed E-state index contributed by atoms with van der Waals surface area (Å²) < 4.78 is 46.0. The predicted molar refractivity (Wildman–Crippen MR) is 159 cm³/mol. The Hall–Kier alpha value is -2.70. The molecule has 14 heteroatoms. The van der Waals surface area contributed by atoms with Gasteiger partial charge in [0.25, 0.3) is 5.56 Å².